The van der Waals surface area contributed by atoms with Crippen LogP contribution in [0.15, 0.2) is 28.2 Å². The van der Waals surface area contributed by atoms with Gasteiger partial charge >= 0.3 is 5.69 Å². The molecule has 1 unspecified atom stereocenters. The molecule has 0 aliphatic heterocycles. The fourth-order valence-electron chi connectivity index (χ4n) is 2.65. The van der Waals surface area contributed by atoms with Crippen molar-refractivity contribution >= 4 is 50.6 Å². The van der Waals surface area contributed by atoms with E-state index in [4.69, 9.17) is 0 Å². The molecule has 0 aliphatic rings. The number of benzene rings is 1. The number of amides is 1. The van der Waals surface area contributed by atoms with Gasteiger partial charge in [-0.1, -0.05) is 11.8 Å². The third-order valence-corrected chi connectivity index (χ3v) is 6.68. The van der Waals surface area contributed by atoms with Gasteiger partial charge in [0.05, 0.1) is 15.6 Å². The van der Waals surface area contributed by atoms with Crippen LogP contribution in [0.4, 0.5) is 15.8 Å². The Morgan fingerprint density at radius 1 is 1.41 bits per heavy atom. The Bertz CT molecular complexity index is 1200. The number of nitro benzene ring substituents is 1. The topological polar surface area (TPSA) is 107 Å². The minimum absolute atomic E-state index is 0.109. The Balaban J connectivity index is 1.83. The Morgan fingerprint density at radius 2 is 2.10 bits per heavy atom. The number of halogens is 1. The summed E-state index contributed by atoms with van der Waals surface area (Å²) in [6.07, 6.45) is 0. The number of anilines is 1. The molecule has 29 heavy (non-hydrogen) atoms. The lowest BCUT2D eigenvalue weighted by Gasteiger charge is -2.13. The number of rotatable bonds is 5. The summed E-state index contributed by atoms with van der Waals surface area (Å²) in [7, 11) is 1.59. The van der Waals surface area contributed by atoms with Crippen molar-refractivity contribution in [2.75, 3.05) is 5.32 Å². The smallest absolute Gasteiger partial charge is 0.306 e. The molecule has 0 aliphatic carbocycles. The highest BCUT2D eigenvalue weighted by Gasteiger charge is 2.21. The predicted octanol–water partition coefficient (Wildman–Crippen LogP) is 3.78. The fourth-order valence-corrected chi connectivity index (χ4v) is 4.59. The van der Waals surface area contributed by atoms with Gasteiger partial charge in [-0.05, 0) is 38.5 Å². The van der Waals surface area contributed by atoms with Crippen LogP contribution in [0.1, 0.15) is 17.4 Å². The quantitative estimate of drug-likeness (QED) is 0.282. The lowest BCUT2D eigenvalue weighted by molar-refractivity contribution is -0.387. The summed E-state index contributed by atoms with van der Waals surface area (Å²) in [5, 5.41) is 13.7. The molecular weight excluding hydrogens is 419 g/mol. The fraction of sp³-hybridized carbons (Fsp3) is 0.278. The highest BCUT2D eigenvalue weighted by Crippen LogP contribution is 2.30. The van der Waals surface area contributed by atoms with Crippen LogP contribution in [0.5, 0.6) is 0 Å². The number of thiophene rings is 1. The number of carbonyl (C=O) groups is 1. The summed E-state index contributed by atoms with van der Waals surface area (Å²) in [6, 6.07) is 3.13. The van der Waals surface area contributed by atoms with Gasteiger partial charge in [0.15, 0.2) is 5.16 Å². The van der Waals surface area contributed by atoms with E-state index in [0.29, 0.717) is 15.4 Å². The van der Waals surface area contributed by atoms with Crippen LogP contribution in [0.2, 0.25) is 0 Å². The van der Waals surface area contributed by atoms with E-state index in [9.17, 15) is 24.1 Å². The maximum atomic E-state index is 13.4. The molecule has 0 fully saturated rings. The maximum Gasteiger partial charge on any atom is 0.306 e. The zero-order chi connectivity index (χ0) is 21.5. The van der Waals surface area contributed by atoms with Gasteiger partial charge in [-0.3, -0.25) is 24.3 Å². The van der Waals surface area contributed by atoms with E-state index in [0.717, 1.165) is 34.3 Å². The second kappa shape index (κ2) is 7.91. The molecule has 1 N–H and O–H groups in total. The molecule has 2 aromatic heterocycles. The minimum atomic E-state index is -0.982. The zero-order valence-electron chi connectivity index (χ0n) is 16.0. The monoisotopic (exact) mass is 436 g/mol. The van der Waals surface area contributed by atoms with Crippen molar-refractivity contribution in [1.82, 2.24) is 9.55 Å². The maximum absolute atomic E-state index is 13.4. The molecule has 0 radical (unpaired) electrons. The number of carbonyl (C=O) groups excluding carboxylic acids is 1. The number of nitro groups is 1. The summed E-state index contributed by atoms with van der Waals surface area (Å²) in [5.41, 5.74) is 0.109. The first kappa shape index (κ1) is 20.9. The molecule has 2 heterocycles. The number of aryl methyl sites for hydroxylation is 2. The highest BCUT2D eigenvalue weighted by molar-refractivity contribution is 8.00. The first-order valence-corrected chi connectivity index (χ1v) is 10.2. The first-order valence-electron chi connectivity index (χ1n) is 8.48. The van der Waals surface area contributed by atoms with Crippen LogP contribution >= 0.6 is 23.1 Å². The average Bonchev–Trinajstić information content (AvgIpc) is 2.94. The zero-order valence-corrected chi connectivity index (χ0v) is 17.6. The number of nitrogens with zero attached hydrogens (tertiary/aromatic N) is 3. The Labute approximate surface area is 172 Å². The van der Waals surface area contributed by atoms with Gasteiger partial charge in [-0.2, -0.15) is 4.39 Å². The van der Waals surface area contributed by atoms with Gasteiger partial charge < -0.3 is 5.32 Å². The lowest BCUT2D eigenvalue weighted by Crippen LogP contribution is -2.25. The molecule has 11 heteroatoms. The number of aromatic nitrogens is 2. The Kier molecular flexibility index (Phi) is 5.71. The third-order valence-electron chi connectivity index (χ3n) is 4.43. The molecule has 0 saturated carbocycles. The van der Waals surface area contributed by atoms with Crippen LogP contribution < -0.4 is 10.9 Å². The summed E-state index contributed by atoms with van der Waals surface area (Å²) < 4.78 is 14.8. The molecule has 3 rings (SSSR count). The lowest BCUT2D eigenvalue weighted by atomic mass is 10.2. The largest absolute Gasteiger partial charge is 0.325 e. The van der Waals surface area contributed by atoms with Crippen molar-refractivity contribution in [2.24, 2.45) is 7.05 Å². The third kappa shape index (κ3) is 4.01. The molecule has 1 atom stereocenters. The van der Waals surface area contributed by atoms with Gasteiger partial charge in [0.2, 0.25) is 11.7 Å². The number of hydrogen-bond donors (Lipinski definition) is 1. The van der Waals surface area contributed by atoms with Crippen LogP contribution in [0.25, 0.3) is 10.2 Å². The number of nitrogens with one attached hydrogen (secondary N) is 1. The van der Waals surface area contributed by atoms with Gasteiger partial charge in [0.25, 0.3) is 5.56 Å². The van der Waals surface area contributed by atoms with E-state index in [1.165, 1.54) is 22.0 Å². The van der Waals surface area contributed by atoms with Gasteiger partial charge in [0, 0.05) is 23.7 Å². The van der Waals surface area contributed by atoms with Crippen molar-refractivity contribution in [2.45, 2.75) is 31.2 Å². The summed E-state index contributed by atoms with van der Waals surface area (Å²) in [6.45, 7) is 5.42. The van der Waals surface area contributed by atoms with Crippen LogP contribution in [-0.2, 0) is 11.8 Å². The van der Waals surface area contributed by atoms with E-state index in [2.05, 4.69) is 10.3 Å². The number of thioether (sulfide) groups is 1. The van der Waals surface area contributed by atoms with Crippen LogP contribution in [0.3, 0.4) is 0 Å². The molecule has 152 valence electrons. The number of fused-ring (bicyclic) bond motifs is 1. The molecule has 0 saturated heterocycles. The van der Waals surface area contributed by atoms with Crippen molar-refractivity contribution in [3.63, 3.8) is 0 Å². The minimum Gasteiger partial charge on any atom is -0.325 e. The summed E-state index contributed by atoms with van der Waals surface area (Å²) in [5.74, 6) is -1.44. The first-order chi connectivity index (χ1) is 13.6. The normalized spacial score (nSPS) is 12.2. The number of hydrogen-bond acceptors (Lipinski definition) is 7. The van der Waals surface area contributed by atoms with Gasteiger partial charge in [0.1, 0.15) is 4.83 Å². The second-order valence-electron chi connectivity index (χ2n) is 6.39. The van der Waals surface area contributed by atoms with E-state index in [1.807, 2.05) is 13.8 Å². The van der Waals surface area contributed by atoms with E-state index >= 15 is 0 Å². The van der Waals surface area contributed by atoms with E-state index in [-0.39, 0.29) is 11.2 Å². The summed E-state index contributed by atoms with van der Waals surface area (Å²) in [4.78, 5) is 41.3. The highest BCUT2D eigenvalue weighted by atomic mass is 32.2. The molecular formula is C18H17FN4O4S2. The SMILES string of the molecule is Cc1sc2nc(SC(C)C(=O)Nc3ccc(F)c([N+](=O)[O-])c3)n(C)c(=O)c2c1C. The average molecular weight is 436 g/mol. The van der Waals surface area contributed by atoms with Crippen molar-refractivity contribution in [3.05, 3.63) is 54.9 Å². The molecule has 3 aromatic rings. The van der Waals surface area contributed by atoms with Crippen molar-refractivity contribution < 1.29 is 14.1 Å². The molecule has 8 nitrogen and oxygen atoms in total. The van der Waals surface area contributed by atoms with E-state index < -0.39 is 27.6 Å². The van der Waals surface area contributed by atoms with Crippen molar-refractivity contribution in [1.29, 1.82) is 0 Å². The van der Waals surface area contributed by atoms with Crippen LogP contribution in [0, 0.1) is 29.8 Å². The van der Waals surface area contributed by atoms with Gasteiger partial charge in [-0.25, -0.2) is 4.98 Å². The Morgan fingerprint density at radius 3 is 2.76 bits per heavy atom. The second-order valence-corrected chi connectivity index (χ2v) is 8.91. The summed E-state index contributed by atoms with van der Waals surface area (Å²) >= 11 is 2.52. The van der Waals surface area contributed by atoms with Crippen molar-refractivity contribution in [3.8, 4) is 0 Å². The standard InChI is InChI=1S/C18H17FN4O4S2/c1-8-9(2)28-16-14(8)17(25)22(4)18(21-16)29-10(3)15(24)20-11-5-6-12(19)13(7-11)23(26)27/h5-7,10H,1-4H3,(H,20,24). The molecule has 1 aromatic carbocycles. The molecule has 1 amide bonds. The Hall–Kier alpha value is -2.79. The predicted molar refractivity (Wildman–Crippen MR) is 111 cm³/mol. The van der Waals surface area contributed by atoms with E-state index in [1.54, 1.807) is 14.0 Å². The van der Waals surface area contributed by atoms with Gasteiger partial charge in [-0.15, -0.1) is 11.3 Å². The van der Waals surface area contributed by atoms with Crippen LogP contribution in [-0.4, -0.2) is 25.6 Å². The molecule has 0 spiro atoms. The molecule has 0 bridgehead atoms.